The molecule has 1 heterocycles. The first-order valence-electron chi connectivity index (χ1n) is 8.94. The number of aromatic nitrogens is 1. The number of thiazole rings is 1. The molecule has 0 aliphatic carbocycles. The summed E-state index contributed by atoms with van der Waals surface area (Å²) < 4.78 is 48.8. The molecule has 2 aromatic rings. The number of alkyl halides is 3. The summed E-state index contributed by atoms with van der Waals surface area (Å²) in [6, 6.07) is 7.45. The molecule has 6 nitrogen and oxygen atoms in total. The fraction of sp³-hybridized carbons (Fsp3) is 0.474. The highest BCUT2D eigenvalue weighted by Gasteiger charge is 2.35. The lowest BCUT2D eigenvalue weighted by atomic mass is 10.1. The fourth-order valence-electron chi connectivity index (χ4n) is 2.55. The molecule has 2 rings (SSSR count). The van der Waals surface area contributed by atoms with Crippen LogP contribution in [0.25, 0.3) is 0 Å². The van der Waals surface area contributed by atoms with Gasteiger partial charge in [-0.2, -0.15) is 13.2 Å². The first kappa shape index (κ1) is 23.1. The monoisotopic (exact) mass is 431 g/mol. The van der Waals surface area contributed by atoms with Crippen LogP contribution in [0.4, 0.5) is 13.2 Å². The number of nitrogens with zero attached hydrogens (tertiary/aromatic N) is 1. The van der Waals surface area contributed by atoms with Crippen molar-refractivity contribution in [1.29, 1.82) is 0 Å². The number of hydrogen-bond acceptors (Lipinski definition) is 6. The van der Waals surface area contributed by atoms with Crippen LogP contribution < -0.4 is 15.4 Å². The molecule has 1 aromatic heterocycles. The summed E-state index contributed by atoms with van der Waals surface area (Å²) in [6.45, 7) is 2.27. The fourth-order valence-corrected chi connectivity index (χ4v) is 3.28. The highest BCUT2D eigenvalue weighted by molar-refractivity contribution is 7.09. The first-order chi connectivity index (χ1) is 13.7. The molecule has 29 heavy (non-hydrogen) atoms. The second kappa shape index (κ2) is 10.6. The molecule has 2 N–H and O–H groups in total. The van der Waals surface area contributed by atoms with Crippen LogP contribution in [0.15, 0.2) is 29.6 Å². The lowest BCUT2D eigenvalue weighted by molar-refractivity contribution is -0.137. The number of amides is 1. The number of hydrogen-bond donors (Lipinski definition) is 2. The summed E-state index contributed by atoms with van der Waals surface area (Å²) in [6.07, 6.45) is -4.31. The second-order valence-corrected chi connectivity index (χ2v) is 7.28. The van der Waals surface area contributed by atoms with Crippen molar-refractivity contribution >= 4 is 17.2 Å². The van der Waals surface area contributed by atoms with E-state index in [0.717, 1.165) is 5.56 Å². The second-order valence-electron chi connectivity index (χ2n) is 6.42. The lowest BCUT2D eigenvalue weighted by Gasteiger charge is -2.19. The van der Waals surface area contributed by atoms with Crippen molar-refractivity contribution in [2.75, 3.05) is 27.3 Å². The average molecular weight is 431 g/mol. The van der Waals surface area contributed by atoms with Gasteiger partial charge in [0, 0.05) is 32.1 Å². The van der Waals surface area contributed by atoms with Crippen LogP contribution in [0.3, 0.4) is 0 Å². The SMILES string of the molecule is CNC(=O)COc1ccc(CC(C)NCC(OC)c2csc(C(F)(F)F)n2)cc1. The number of benzene rings is 1. The minimum Gasteiger partial charge on any atom is -0.484 e. The average Bonchev–Trinajstić information content (AvgIpc) is 3.18. The Morgan fingerprint density at radius 1 is 1.28 bits per heavy atom. The van der Waals surface area contributed by atoms with Crippen LogP contribution in [0.5, 0.6) is 5.75 Å². The quantitative estimate of drug-likeness (QED) is 0.605. The number of halogens is 3. The number of carbonyl (C=O) groups excluding carboxylic acids is 1. The van der Waals surface area contributed by atoms with E-state index in [1.54, 1.807) is 19.2 Å². The zero-order chi connectivity index (χ0) is 21.4. The lowest BCUT2D eigenvalue weighted by Crippen LogP contribution is -2.32. The van der Waals surface area contributed by atoms with Gasteiger partial charge in [0.05, 0.1) is 5.69 Å². The van der Waals surface area contributed by atoms with Crippen LogP contribution in [0, 0.1) is 0 Å². The summed E-state index contributed by atoms with van der Waals surface area (Å²) in [5.41, 5.74) is 1.32. The van der Waals surface area contributed by atoms with E-state index in [1.807, 2.05) is 19.1 Å². The molecule has 1 aromatic carbocycles. The molecule has 2 atom stereocenters. The molecule has 0 aliphatic heterocycles. The number of rotatable bonds is 10. The van der Waals surface area contributed by atoms with E-state index in [2.05, 4.69) is 15.6 Å². The van der Waals surface area contributed by atoms with Gasteiger partial charge in [0.15, 0.2) is 11.6 Å². The predicted octanol–water partition coefficient (Wildman–Crippen LogP) is 3.20. The van der Waals surface area contributed by atoms with Crippen LogP contribution in [-0.4, -0.2) is 44.2 Å². The maximum absolute atomic E-state index is 12.7. The van der Waals surface area contributed by atoms with Gasteiger partial charge >= 0.3 is 6.18 Å². The van der Waals surface area contributed by atoms with Crippen molar-refractivity contribution in [1.82, 2.24) is 15.6 Å². The zero-order valence-electron chi connectivity index (χ0n) is 16.4. The molecule has 0 saturated carbocycles. The van der Waals surface area contributed by atoms with Gasteiger partial charge in [-0.15, -0.1) is 11.3 Å². The number of nitrogens with one attached hydrogen (secondary N) is 2. The van der Waals surface area contributed by atoms with E-state index in [0.29, 0.717) is 30.1 Å². The van der Waals surface area contributed by atoms with Gasteiger partial charge in [-0.1, -0.05) is 12.1 Å². The Kier molecular flexibility index (Phi) is 8.42. The molecule has 1 amide bonds. The maximum Gasteiger partial charge on any atom is 0.443 e. The van der Waals surface area contributed by atoms with Crippen molar-refractivity contribution in [3.05, 3.63) is 45.9 Å². The van der Waals surface area contributed by atoms with E-state index in [-0.39, 0.29) is 24.2 Å². The Balaban J connectivity index is 1.84. The van der Waals surface area contributed by atoms with Crippen LogP contribution in [0.1, 0.15) is 29.3 Å². The van der Waals surface area contributed by atoms with Crippen molar-refractivity contribution in [3.63, 3.8) is 0 Å². The van der Waals surface area contributed by atoms with Gasteiger partial charge in [-0.3, -0.25) is 4.79 Å². The third kappa shape index (κ3) is 7.30. The van der Waals surface area contributed by atoms with Crippen LogP contribution in [-0.2, 0) is 22.1 Å². The summed E-state index contributed by atoms with van der Waals surface area (Å²) in [5.74, 6) is 0.392. The molecule has 10 heteroatoms. The van der Waals surface area contributed by atoms with Gasteiger partial charge in [-0.05, 0) is 31.0 Å². The van der Waals surface area contributed by atoms with E-state index >= 15 is 0 Å². The topological polar surface area (TPSA) is 72.5 Å². The number of carbonyl (C=O) groups is 1. The maximum atomic E-state index is 12.7. The predicted molar refractivity (Wildman–Crippen MR) is 104 cm³/mol. The highest BCUT2D eigenvalue weighted by atomic mass is 32.1. The first-order valence-corrected chi connectivity index (χ1v) is 9.82. The molecule has 0 aliphatic rings. The Morgan fingerprint density at radius 2 is 1.97 bits per heavy atom. The summed E-state index contributed by atoms with van der Waals surface area (Å²) in [5, 5.41) is 6.25. The summed E-state index contributed by atoms with van der Waals surface area (Å²) >= 11 is 0.565. The number of methoxy groups -OCH3 is 1. The third-order valence-corrected chi connectivity index (χ3v) is 5.05. The van der Waals surface area contributed by atoms with Crippen molar-refractivity contribution in [2.24, 2.45) is 0 Å². The molecule has 0 spiro atoms. The number of likely N-dealkylation sites (N-methyl/N-ethyl adjacent to an activating group) is 1. The van der Waals surface area contributed by atoms with Crippen molar-refractivity contribution < 1.29 is 27.4 Å². The smallest absolute Gasteiger partial charge is 0.443 e. The molecule has 2 unspecified atom stereocenters. The van der Waals surface area contributed by atoms with E-state index in [1.165, 1.54) is 12.5 Å². The highest BCUT2D eigenvalue weighted by Crippen LogP contribution is 2.33. The largest absolute Gasteiger partial charge is 0.484 e. The standard InChI is InChI=1S/C19H24F3N3O3S/c1-12(8-13-4-6-14(7-5-13)28-10-17(26)23-2)24-9-16(27-3)15-11-29-18(25-15)19(20,21)22/h4-7,11-12,16,24H,8-10H2,1-3H3,(H,23,26). The Bertz CT molecular complexity index is 781. The Hall–Kier alpha value is -2.17. The van der Waals surface area contributed by atoms with E-state index in [4.69, 9.17) is 9.47 Å². The van der Waals surface area contributed by atoms with Gasteiger partial charge in [0.2, 0.25) is 0 Å². The van der Waals surface area contributed by atoms with Gasteiger partial charge in [-0.25, -0.2) is 4.98 Å². The summed E-state index contributed by atoms with van der Waals surface area (Å²) in [7, 11) is 2.99. The molecule has 160 valence electrons. The van der Waals surface area contributed by atoms with E-state index in [9.17, 15) is 18.0 Å². The zero-order valence-corrected chi connectivity index (χ0v) is 17.2. The van der Waals surface area contributed by atoms with E-state index < -0.39 is 17.3 Å². The third-order valence-electron chi connectivity index (χ3n) is 4.14. The molecule has 0 saturated heterocycles. The minimum atomic E-state index is -4.45. The van der Waals surface area contributed by atoms with Gasteiger partial charge in [0.25, 0.3) is 5.91 Å². The van der Waals surface area contributed by atoms with Gasteiger partial charge in [0.1, 0.15) is 11.9 Å². The number of ether oxygens (including phenoxy) is 2. The Morgan fingerprint density at radius 3 is 2.52 bits per heavy atom. The molecule has 0 bridgehead atoms. The van der Waals surface area contributed by atoms with Crippen molar-refractivity contribution in [2.45, 2.75) is 31.7 Å². The normalized spacial score (nSPS) is 13.7. The summed E-state index contributed by atoms with van der Waals surface area (Å²) in [4.78, 5) is 14.8. The molecule has 0 fully saturated rings. The minimum absolute atomic E-state index is 0.0428. The molecular weight excluding hydrogens is 407 g/mol. The Labute approximate surface area is 171 Å². The molecule has 0 radical (unpaired) electrons. The van der Waals surface area contributed by atoms with Crippen LogP contribution >= 0.6 is 11.3 Å². The molecular formula is C19H24F3N3O3S. The van der Waals surface area contributed by atoms with Crippen molar-refractivity contribution in [3.8, 4) is 5.75 Å². The van der Waals surface area contributed by atoms with Gasteiger partial charge < -0.3 is 20.1 Å². The van der Waals surface area contributed by atoms with Crippen LogP contribution in [0.2, 0.25) is 0 Å².